The van der Waals surface area contributed by atoms with E-state index >= 15 is 0 Å². The molecule has 2 heterocycles. The fraction of sp³-hybridized carbons (Fsp3) is 0.500. The van der Waals surface area contributed by atoms with Crippen LogP contribution in [0.15, 0.2) is 35.0 Å². The lowest BCUT2D eigenvalue weighted by molar-refractivity contribution is -0.143. The molecule has 0 aromatic heterocycles. The average Bonchev–Trinajstić information content (AvgIpc) is 3.12. The van der Waals surface area contributed by atoms with E-state index in [0.717, 1.165) is 50.0 Å². The molecule has 0 amide bonds. The number of aliphatic imine (C=N–C) groups is 1. The predicted octanol–water partition coefficient (Wildman–Crippen LogP) is 2.92. The Morgan fingerprint density at radius 3 is 3.04 bits per heavy atom. The minimum absolute atomic E-state index is 0.179. The van der Waals surface area contributed by atoms with Crippen molar-refractivity contribution in [3.8, 4) is 0 Å². The molecule has 0 aliphatic carbocycles. The fourth-order valence-corrected chi connectivity index (χ4v) is 3.29. The van der Waals surface area contributed by atoms with Crippen LogP contribution in [0.2, 0.25) is 0 Å². The SMILES string of the molecule is COCCCOC(=O)Cc1ccc2c(c1)N(CC1=CCC=N1)CCC2. The summed E-state index contributed by atoms with van der Waals surface area (Å²) in [4.78, 5) is 18.8. The molecule has 0 saturated carbocycles. The van der Waals surface area contributed by atoms with Crippen LogP contribution in [0.3, 0.4) is 0 Å². The van der Waals surface area contributed by atoms with E-state index in [0.29, 0.717) is 19.6 Å². The van der Waals surface area contributed by atoms with E-state index in [1.165, 1.54) is 11.3 Å². The van der Waals surface area contributed by atoms with Gasteiger partial charge in [-0.15, -0.1) is 0 Å². The van der Waals surface area contributed by atoms with Gasteiger partial charge in [0.1, 0.15) is 0 Å². The van der Waals surface area contributed by atoms with Gasteiger partial charge in [0.25, 0.3) is 0 Å². The van der Waals surface area contributed by atoms with E-state index in [-0.39, 0.29) is 5.97 Å². The molecule has 1 aromatic rings. The topological polar surface area (TPSA) is 51.1 Å². The number of hydrogen-bond donors (Lipinski definition) is 0. The molecule has 0 unspecified atom stereocenters. The van der Waals surface area contributed by atoms with E-state index in [2.05, 4.69) is 28.1 Å². The fourth-order valence-electron chi connectivity index (χ4n) is 3.29. The minimum atomic E-state index is -0.179. The first-order chi connectivity index (χ1) is 12.3. The number of carbonyl (C=O) groups is 1. The Hall–Kier alpha value is -2.14. The number of benzene rings is 1. The summed E-state index contributed by atoms with van der Waals surface area (Å²) in [6.45, 7) is 2.90. The zero-order chi connectivity index (χ0) is 17.5. The largest absolute Gasteiger partial charge is 0.465 e. The first-order valence-corrected chi connectivity index (χ1v) is 8.99. The summed E-state index contributed by atoms with van der Waals surface area (Å²) >= 11 is 0. The molecule has 0 atom stereocenters. The summed E-state index contributed by atoms with van der Waals surface area (Å²) in [5, 5.41) is 0. The summed E-state index contributed by atoms with van der Waals surface area (Å²) in [5.74, 6) is -0.179. The van der Waals surface area contributed by atoms with Gasteiger partial charge in [-0.2, -0.15) is 0 Å². The number of methoxy groups -OCH3 is 1. The van der Waals surface area contributed by atoms with Gasteiger partial charge < -0.3 is 14.4 Å². The normalized spacial score (nSPS) is 15.9. The van der Waals surface area contributed by atoms with Crippen molar-refractivity contribution in [3.63, 3.8) is 0 Å². The van der Waals surface area contributed by atoms with Gasteiger partial charge in [-0.05, 0) is 30.0 Å². The summed E-state index contributed by atoms with van der Waals surface area (Å²) in [5.41, 5.74) is 4.73. The van der Waals surface area contributed by atoms with E-state index in [9.17, 15) is 4.79 Å². The Labute approximate surface area is 149 Å². The van der Waals surface area contributed by atoms with Gasteiger partial charge in [-0.25, -0.2) is 0 Å². The Kier molecular flexibility index (Phi) is 6.23. The van der Waals surface area contributed by atoms with Crippen LogP contribution < -0.4 is 4.90 Å². The number of carbonyl (C=O) groups excluding carboxylic acids is 1. The van der Waals surface area contributed by atoms with E-state index in [4.69, 9.17) is 9.47 Å². The van der Waals surface area contributed by atoms with Crippen molar-refractivity contribution >= 4 is 17.9 Å². The first-order valence-electron chi connectivity index (χ1n) is 8.99. The molecule has 2 aliphatic heterocycles. The van der Waals surface area contributed by atoms with Crippen LogP contribution >= 0.6 is 0 Å². The number of hydrogen-bond acceptors (Lipinski definition) is 5. The number of fused-ring (bicyclic) bond motifs is 1. The monoisotopic (exact) mass is 342 g/mol. The minimum Gasteiger partial charge on any atom is -0.465 e. The van der Waals surface area contributed by atoms with Gasteiger partial charge in [0, 0.05) is 45.0 Å². The summed E-state index contributed by atoms with van der Waals surface area (Å²) < 4.78 is 10.2. The van der Waals surface area contributed by atoms with Gasteiger partial charge in [0.05, 0.1) is 25.3 Å². The smallest absolute Gasteiger partial charge is 0.310 e. The van der Waals surface area contributed by atoms with Gasteiger partial charge in [0.15, 0.2) is 0 Å². The van der Waals surface area contributed by atoms with Crippen LogP contribution in [-0.4, -0.2) is 45.6 Å². The van der Waals surface area contributed by atoms with Crippen LogP contribution in [0.25, 0.3) is 0 Å². The van der Waals surface area contributed by atoms with Crippen molar-refractivity contribution in [2.45, 2.75) is 32.1 Å². The van der Waals surface area contributed by atoms with Crippen molar-refractivity contribution in [2.75, 3.05) is 38.3 Å². The van der Waals surface area contributed by atoms with Crippen LogP contribution in [0, 0.1) is 0 Å². The van der Waals surface area contributed by atoms with Gasteiger partial charge >= 0.3 is 5.97 Å². The van der Waals surface area contributed by atoms with E-state index in [1.54, 1.807) is 7.11 Å². The quantitative estimate of drug-likeness (QED) is 0.538. The maximum atomic E-state index is 12.0. The zero-order valence-corrected chi connectivity index (χ0v) is 14.9. The molecule has 5 nitrogen and oxygen atoms in total. The van der Waals surface area contributed by atoms with Gasteiger partial charge in [0.2, 0.25) is 0 Å². The molecule has 0 spiro atoms. The molecule has 3 rings (SSSR count). The molecule has 134 valence electrons. The Bertz CT molecular complexity index is 667. The number of allylic oxidation sites excluding steroid dienone is 1. The number of anilines is 1. The molecular weight excluding hydrogens is 316 g/mol. The summed E-state index contributed by atoms with van der Waals surface area (Å²) in [7, 11) is 1.65. The molecule has 0 radical (unpaired) electrons. The number of rotatable bonds is 8. The third-order valence-corrected chi connectivity index (χ3v) is 4.54. The van der Waals surface area contributed by atoms with Crippen molar-refractivity contribution in [3.05, 3.63) is 41.1 Å². The molecule has 0 bridgehead atoms. The number of ether oxygens (including phenoxy) is 2. The molecule has 1 aromatic carbocycles. The summed E-state index contributed by atoms with van der Waals surface area (Å²) in [6.07, 6.45) is 8.36. The standard InChI is InChI=1S/C20H26N2O3/c1-24-11-4-12-25-20(23)14-16-7-8-17-5-3-10-22(19(17)13-16)15-18-6-2-9-21-18/h6-9,13H,2-5,10-12,14-15H2,1H3. The van der Waals surface area contributed by atoms with Crippen LogP contribution in [0.1, 0.15) is 30.4 Å². The highest BCUT2D eigenvalue weighted by atomic mass is 16.5. The number of nitrogens with zero attached hydrogens (tertiary/aromatic N) is 2. The Morgan fingerprint density at radius 2 is 2.24 bits per heavy atom. The Balaban J connectivity index is 1.63. The number of esters is 1. The van der Waals surface area contributed by atoms with Crippen molar-refractivity contribution in [2.24, 2.45) is 4.99 Å². The molecule has 0 fully saturated rings. The van der Waals surface area contributed by atoms with E-state index < -0.39 is 0 Å². The highest BCUT2D eigenvalue weighted by molar-refractivity contribution is 5.73. The Morgan fingerprint density at radius 1 is 1.32 bits per heavy atom. The second-order valence-corrected chi connectivity index (χ2v) is 6.47. The lowest BCUT2D eigenvalue weighted by Crippen LogP contribution is -2.31. The zero-order valence-electron chi connectivity index (χ0n) is 14.9. The molecule has 0 N–H and O–H groups in total. The second kappa shape index (κ2) is 8.81. The first kappa shape index (κ1) is 17.7. The van der Waals surface area contributed by atoms with Crippen LogP contribution in [0.4, 0.5) is 5.69 Å². The van der Waals surface area contributed by atoms with E-state index in [1.807, 2.05) is 12.3 Å². The van der Waals surface area contributed by atoms with Crippen LogP contribution in [0.5, 0.6) is 0 Å². The third kappa shape index (κ3) is 4.92. The average molecular weight is 342 g/mol. The third-order valence-electron chi connectivity index (χ3n) is 4.54. The predicted molar refractivity (Wildman–Crippen MR) is 99.3 cm³/mol. The molecule has 0 saturated heterocycles. The maximum Gasteiger partial charge on any atom is 0.310 e. The summed E-state index contributed by atoms with van der Waals surface area (Å²) in [6, 6.07) is 6.34. The van der Waals surface area contributed by atoms with Gasteiger partial charge in [-0.3, -0.25) is 9.79 Å². The highest BCUT2D eigenvalue weighted by Gasteiger charge is 2.19. The van der Waals surface area contributed by atoms with Crippen molar-refractivity contribution in [1.29, 1.82) is 0 Å². The lowest BCUT2D eigenvalue weighted by atomic mass is 9.98. The number of aryl methyl sites for hydroxylation is 1. The van der Waals surface area contributed by atoms with Crippen LogP contribution in [-0.2, 0) is 27.1 Å². The molecule has 5 heteroatoms. The van der Waals surface area contributed by atoms with Gasteiger partial charge in [-0.1, -0.05) is 18.2 Å². The molecule has 25 heavy (non-hydrogen) atoms. The molecular formula is C20H26N2O3. The molecule has 2 aliphatic rings. The lowest BCUT2D eigenvalue weighted by Gasteiger charge is -2.31. The highest BCUT2D eigenvalue weighted by Crippen LogP contribution is 2.29. The van der Waals surface area contributed by atoms with Crippen molar-refractivity contribution < 1.29 is 14.3 Å². The second-order valence-electron chi connectivity index (χ2n) is 6.47. The van der Waals surface area contributed by atoms with Crippen molar-refractivity contribution in [1.82, 2.24) is 0 Å². The maximum absolute atomic E-state index is 12.0.